The summed E-state index contributed by atoms with van der Waals surface area (Å²) in [4.78, 5) is 0. The molecule has 0 saturated heterocycles. The molecule has 112 valence electrons. The Kier molecular flexibility index (Phi) is 3.45. The SMILES string of the molecule is CCC1CCC(C#N)(C2(O)CCc3ccc(OC)cc32)C1. The van der Waals surface area contributed by atoms with Gasteiger partial charge in [0.05, 0.1) is 18.6 Å². The number of fused-ring (bicyclic) bond motifs is 1. The fourth-order valence-corrected chi connectivity index (χ4v) is 4.30. The van der Waals surface area contributed by atoms with Gasteiger partial charge in [0.1, 0.15) is 11.4 Å². The Morgan fingerprint density at radius 3 is 2.86 bits per heavy atom. The maximum absolute atomic E-state index is 11.4. The monoisotopic (exact) mass is 285 g/mol. The summed E-state index contributed by atoms with van der Waals surface area (Å²) in [5, 5.41) is 21.3. The van der Waals surface area contributed by atoms with Crippen LogP contribution in [-0.2, 0) is 12.0 Å². The standard InChI is InChI=1S/C18H23NO2/c1-3-13-6-8-17(11-13,12-19)18(20)9-7-14-4-5-15(21-2)10-16(14)18/h4-5,10,13,20H,3,6-9,11H2,1-2H3. The lowest BCUT2D eigenvalue weighted by molar-refractivity contribution is -0.0595. The first-order valence-electron chi connectivity index (χ1n) is 7.89. The zero-order chi connectivity index (χ0) is 15.1. The van der Waals surface area contributed by atoms with Crippen LogP contribution < -0.4 is 4.74 Å². The van der Waals surface area contributed by atoms with Crippen molar-refractivity contribution in [3.8, 4) is 11.8 Å². The van der Waals surface area contributed by atoms with Crippen molar-refractivity contribution < 1.29 is 9.84 Å². The van der Waals surface area contributed by atoms with Gasteiger partial charge in [0, 0.05) is 0 Å². The summed E-state index contributed by atoms with van der Waals surface area (Å²) in [6.07, 6.45) is 5.24. The van der Waals surface area contributed by atoms with E-state index in [-0.39, 0.29) is 0 Å². The second-order valence-corrected chi connectivity index (χ2v) is 6.59. The van der Waals surface area contributed by atoms with Crippen molar-refractivity contribution in [3.63, 3.8) is 0 Å². The zero-order valence-electron chi connectivity index (χ0n) is 12.9. The van der Waals surface area contributed by atoms with Gasteiger partial charge in [-0.05, 0) is 61.3 Å². The summed E-state index contributed by atoms with van der Waals surface area (Å²) in [5.41, 5.74) is 0.425. The number of aryl methyl sites for hydroxylation is 1. The summed E-state index contributed by atoms with van der Waals surface area (Å²) in [6.45, 7) is 2.17. The highest BCUT2D eigenvalue weighted by Gasteiger charge is 2.57. The van der Waals surface area contributed by atoms with E-state index in [9.17, 15) is 10.4 Å². The van der Waals surface area contributed by atoms with Crippen molar-refractivity contribution in [2.24, 2.45) is 11.3 Å². The Balaban J connectivity index is 2.05. The molecule has 1 aromatic rings. The van der Waals surface area contributed by atoms with E-state index in [0.29, 0.717) is 12.3 Å². The molecule has 0 bridgehead atoms. The molecule has 0 aromatic heterocycles. The van der Waals surface area contributed by atoms with Crippen LogP contribution in [0.4, 0.5) is 0 Å². The number of benzene rings is 1. The summed E-state index contributed by atoms with van der Waals surface area (Å²) in [5.74, 6) is 1.32. The van der Waals surface area contributed by atoms with E-state index in [1.165, 1.54) is 0 Å². The molecule has 0 spiro atoms. The fraction of sp³-hybridized carbons (Fsp3) is 0.611. The van der Waals surface area contributed by atoms with Gasteiger partial charge in [0.15, 0.2) is 0 Å². The molecule has 1 fully saturated rings. The maximum Gasteiger partial charge on any atom is 0.119 e. The molecule has 21 heavy (non-hydrogen) atoms. The topological polar surface area (TPSA) is 53.2 Å². The van der Waals surface area contributed by atoms with Crippen LogP contribution in [0, 0.1) is 22.7 Å². The molecule has 2 aliphatic carbocycles. The highest BCUT2D eigenvalue weighted by Crippen LogP contribution is 2.58. The molecule has 1 saturated carbocycles. The first kappa shape index (κ1) is 14.4. The van der Waals surface area contributed by atoms with Crippen molar-refractivity contribution in [2.45, 2.75) is 51.0 Å². The largest absolute Gasteiger partial charge is 0.497 e. The van der Waals surface area contributed by atoms with Gasteiger partial charge < -0.3 is 9.84 Å². The molecule has 2 aliphatic rings. The minimum Gasteiger partial charge on any atom is -0.497 e. The molecule has 0 amide bonds. The van der Waals surface area contributed by atoms with Crippen molar-refractivity contribution in [1.82, 2.24) is 0 Å². The maximum atomic E-state index is 11.4. The fourth-order valence-electron chi connectivity index (χ4n) is 4.30. The van der Waals surface area contributed by atoms with Gasteiger partial charge in [0.25, 0.3) is 0 Å². The molecule has 3 nitrogen and oxygen atoms in total. The molecule has 0 radical (unpaired) electrons. The lowest BCUT2D eigenvalue weighted by Crippen LogP contribution is -2.42. The highest BCUT2D eigenvalue weighted by atomic mass is 16.5. The first-order chi connectivity index (χ1) is 10.1. The van der Waals surface area contributed by atoms with Crippen LogP contribution in [-0.4, -0.2) is 12.2 Å². The number of hydrogen-bond acceptors (Lipinski definition) is 3. The predicted molar refractivity (Wildman–Crippen MR) is 80.9 cm³/mol. The Hall–Kier alpha value is -1.53. The second kappa shape index (κ2) is 5.03. The van der Waals surface area contributed by atoms with Crippen LogP contribution in [0.1, 0.15) is 50.2 Å². The average Bonchev–Trinajstić information content (AvgIpc) is 3.11. The number of nitrogens with zero attached hydrogens (tertiary/aromatic N) is 1. The minimum absolute atomic E-state index is 0.559. The highest BCUT2D eigenvalue weighted by molar-refractivity contribution is 5.45. The lowest BCUT2D eigenvalue weighted by Gasteiger charge is -2.38. The Morgan fingerprint density at radius 1 is 1.43 bits per heavy atom. The molecule has 3 heteroatoms. The quantitative estimate of drug-likeness (QED) is 0.924. The molecule has 1 aromatic carbocycles. The molecule has 3 atom stereocenters. The number of rotatable bonds is 3. The summed E-state index contributed by atoms with van der Waals surface area (Å²) in [7, 11) is 1.64. The molecular formula is C18H23NO2. The Labute approximate surface area is 126 Å². The van der Waals surface area contributed by atoms with Gasteiger partial charge in [-0.2, -0.15) is 5.26 Å². The zero-order valence-corrected chi connectivity index (χ0v) is 12.9. The van der Waals surface area contributed by atoms with Crippen molar-refractivity contribution >= 4 is 0 Å². The van der Waals surface area contributed by atoms with E-state index in [1.807, 2.05) is 18.2 Å². The van der Waals surface area contributed by atoms with Gasteiger partial charge in [-0.15, -0.1) is 0 Å². The smallest absolute Gasteiger partial charge is 0.119 e. The molecule has 3 unspecified atom stereocenters. The third-order valence-corrected chi connectivity index (χ3v) is 5.72. The second-order valence-electron chi connectivity index (χ2n) is 6.59. The van der Waals surface area contributed by atoms with E-state index in [1.54, 1.807) is 7.11 Å². The van der Waals surface area contributed by atoms with E-state index in [4.69, 9.17) is 4.74 Å². The molecule has 0 aliphatic heterocycles. The van der Waals surface area contributed by atoms with Gasteiger partial charge in [0.2, 0.25) is 0 Å². The predicted octanol–water partition coefficient (Wildman–Crippen LogP) is 3.55. The van der Waals surface area contributed by atoms with Gasteiger partial charge in [-0.1, -0.05) is 19.4 Å². The summed E-state index contributed by atoms with van der Waals surface area (Å²) >= 11 is 0. The number of aliphatic hydroxyl groups is 1. The van der Waals surface area contributed by atoms with Crippen LogP contribution in [0.3, 0.4) is 0 Å². The average molecular weight is 285 g/mol. The third kappa shape index (κ3) is 1.97. The van der Waals surface area contributed by atoms with Crippen LogP contribution in [0.5, 0.6) is 5.75 Å². The normalized spacial score (nSPS) is 34.5. The molecule has 0 heterocycles. The molecule has 1 N–H and O–H groups in total. The van der Waals surface area contributed by atoms with Crippen LogP contribution in [0.25, 0.3) is 0 Å². The molecule has 3 rings (SSSR count). The number of hydrogen-bond donors (Lipinski definition) is 1. The van der Waals surface area contributed by atoms with Crippen LogP contribution in [0.2, 0.25) is 0 Å². The summed E-state index contributed by atoms with van der Waals surface area (Å²) < 4.78 is 5.31. The lowest BCUT2D eigenvalue weighted by atomic mass is 9.68. The van der Waals surface area contributed by atoms with Crippen LogP contribution in [0.15, 0.2) is 18.2 Å². The number of ether oxygens (including phenoxy) is 1. The van der Waals surface area contributed by atoms with E-state index >= 15 is 0 Å². The molecular weight excluding hydrogens is 262 g/mol. The Bertz CT molecular complexity index is 591. The van der Waals surface area contributed by atoms with E-state index in [2.05, 4.69) is 13.0 Å². The minimum atomic E-state index is -1.02. The van der Waals surface area contributed by atoms with Crippen molar-refractivity contribution in [3.05, 3.63) is 29.3 Å². The third-order valence-electron chi connectivity index (χ3n) is 5.72. The number of nitriles is 1. The van der Waals surface area contributed by atoms with E-state index in [0.717, 1.165) is 49.0 Å². The van der Waals surface area contributed by atoms with Gasteiger partial charge in [-0.3, -0.25) is 0 Å². The first-order valence-corrected chi connectivity index (χ1v) is 7.89. The van der Waals surface area contributed by atoms with Gasteiger partial charge in [-0.25, -0.2) is 0 Å². The van der Waals surface area contributed by atoms with Gasteiger partial charge >= 0.3 is 0 Å². The summed E-state index contributed by atoms with van der Waals surface area (Å²) in [6, 6.07) is 8.41. The van der Waals surface area contributed by atoms with E-state index < -0.39 is 11.0 Å². The Morgan fingerprint density at radius 2 is 2.24 bits per heavy atom. The van der Waals surface area contributed by atoms with Crippen molar-refractivity contribution in [2.75, 3.05) is 7.11 Å². The van der Waals surface area contributed by atoms with Crippen LogP contribution >= 0.6 is 0 Å². The number of methoxy groups -OCH3 is 1. The van der Waals surface area contributed by atoms with Crippen molar-refractivity contribution in [1.29, 1.82) is 5.26 Å².